The van der Waals surface area contributed by atoms with Crippen LogP contribution in [-0.2, 0) is 14.4 Å². The third-order valence-corrected chi connectivity index (χ3v) is 9.18. The van der Waals surface area contributed by atoms with Crippen LogP contribution in [0, 0.1) is 17.7 Å². The highest BCUT2D eigenvalue weighted by molar-refractivity contribution is 6.02. The molecule has 0 bridgehead atoms. The molecule has 3 fully saturated rings. The third kappa shape index (κ3) is 8.24. The summed E-state index contributed by atoms with van der Waals surface area (Å²) in [5.41, 5.74) is -1.06. The highest BCUT2D eigenvalue weighted by atomic mass is 19.1. The van der Waals surface area contributed by atoms with Crippen LogP contribution in [0.15, 0.2) is 36.4 Å². The van der Waals surface area contributed by atoms with Gasteiger partial charge in [-0.3, -0.25) is 14.4 Å². The van der Waals surface area contributed by atoms with E-state index in [4.69, 9.17) is 0 Å². The highest BCUT2D eigenvalue weighted by Gasteiger charge is 2.61. The van der Waals surface area contributed by atoms with Crippen LogP contribution in [0.2, 0.25) is 0 Å². The average molecular weight is 613 g/mol. The monoisotopic (exact) mass is 612 g/mol. The fourth-order valence-corrected chi connectivity index (χ4v) is 6.49. The van der Waals surface area contributed by atoms with Gasteiger partial charge in [-0.05, 0) is 75.1 Å². The van der Waals surface area contributed by atoms with E-state index in [1.807, 2.05) is 12.2 Å². The lowest BCUT2D eigenvalue weighted by molar-refractivity contribution is -0.145. The molecular formula is C33H45FN4O6. The summed E-state index contributed by atoms with van der Waals surface area (Å²) in [5, 5.41) is 17.9. The molecule has 1 heterocycles. The molecule has 1 unspecified atom stereocenters. The normalized spacial score (nSPS) is 24.1. The number of nitrogens with one attached hydrogen (secondary N) is 3. The lowest BCUT2D eigenvalue weighted by Crippen LogP contribution is -2.55. The number of aliphatic carboxylic acids is 1. The van der Waals surface area contributed by atoms with Crippen molar-refractivity contribution in [2.45, 2.75) is 102 Å². The Hall–Kier alpha value is -3.76. The molecule has 11 heteroatoms. The number of carboxylic acid groups (broad SMARTS) is 1. The molecule has 2 aliphatic carbocycles. The minimum atomic E-state index is -1.36. The molecule has 44 heavy (non-hydrogen) atoms. The third-order valence-electron chi connectivity index (χ3n) is 9.18. The molecule has 2 saturated carbocycles. The topological polar surface area (TPSA) is 145 Å². The van der Waals surface area contributed by atoms with Gasteiger partial charge in [-0.1, -0.05) is 51.2 Å². The molecule has 1 aromatic carbocycles. The van der Waals surface area contributed by atoms with Crippen molar-refractivity contribution in [1.82, 2.24) is 20.9 Å². The second kappa shape index (κ2) is 15.3. The number of carboxylic acids is 1. The zero-order valence-corrected chi connectivity index (χ0v) is 25.5. The summed E-state index contributed by atoms with van der Waals surface area (Å²) in [6.07, 6.45) is 13.7. The Morgan fingerprint density at radius 3 is 2.45 bits per heavy atom. The van der Waals surface area contributed by atoms with Gasteiger partial charge in [-0.25, -0.2) is 14.0 Å². The molecule has 0 aromatic heterocycles. The summed E-state index contributed by atoms with van der Waals surface area (Å²) in [6.45, 7) is 2.05. The summed E-state index contributed by atoms with van der Waals surface area (Å²) in [7, 11) is 0. The van der Waals surface area contributed by atoms with Crippen LogP contribution in [0.4, 0.5) is 9.18 Å². The van der Waals surface area contributed by atoms with Crippen molar-refractivity contribution < 1.29 is 33.5 Å². The van der Waals surface area contributed by atoms with Crippen molar-refractivity contribution in [3.05, 3.63) is 47.8 Å². The van der Waals surface area contributed by atoms with Crippen LogP contribution in [0.5, 0.6) is 0 Å². The number of carbonyl (C=O) groups excluding carboxylic acids is 4. The van der Waals surface area contributed by atoms with Gasteiger partial charge in [0.25, 0.3) is 0 Å². The van der Waals surface area contributed by atoms with Crippen LogP contribution in [-0.4, -0.2) is 70.3 Å². The van der Waals surface area contributed by atoms with Gasteiger partial charge in [0.15, 0.2) is 5.78 Å². The van der Waals surface area contributed by atoms with Crippen molar-refractivity contribution in [3.8, 4) is 0 Å². The standard InChI is InChI=1S/C33H45FN4O6/c1-2-3-4-5-9-13-24-20-33(24,31(42)43)37-30(41)26-14-10-19-38(26)27(39)21-35-32(44)36-28(22-11-7-6-8-12-22)29(40)23-15-17-25(34)18-16-23/h9,13,15-18,22,24,26,28H,2-8,10-12,14,19-21H2,1H3,(H,37,41)(H,42,43)(H2,35,36,44)/b13-9-/t24?,26-,28-,33+/m0/s1. The van der Waals surface area contributed by atoms with Gasteiger partial charge in [-0.2, -0.15) is 0 Å². The van der Waals surface area contributed by atoms with Gasteiger partial charge in [0.1, 0.15) is 17.4 Å². The number of likely N-dealkylation sites (tertiary alicyclic amines) is 1. The van der Waals surface area contributed by atoms with E-state index in [1.54, 1.807) is 0 Å². The molecule has 1 aromatic rings. The lowest BCUT2D eigenvalue weighted by Gasteiger charge is -2.30. The highest BCUT2D eigenvalue weighted by Crippen LogP contribution is 2.45. The van der Waals surface area contributed by atoms with Crippen molar-refractivity contribution in [2.24, 2.45) is 11.8 Å². The van der Waals surface area contributed by atoms with Gasteiger partial charge in [0.05, 0.1) is 12.6 Å². The molecule has 0 spiro atoms. The smallest absolute Gasteiger partial charge is 0.330 e. The second-order valence-electron chi connectivity index (χ2n) is 12.3. The maximum Gasteiger partial charge on any atom is 0.330 e. The van der Waals surface area contributed by atoms with E-state index in [9.17, 15) is 33.5 Å². The number of amides is 4. The van der Waals surface area contributed by atoms with Crippen molar-refractivity contribution in [3.63, 3.8) is 0 Å². The van der Waals surface area contributed by atoms with E-state index in [0.29, 0.717) is 31.4 Å². The summed E-state index contributed by atoms with van der Waals surface area (Å²) in [6, 6.07) is 2.89. The average Bonchev–Trinajstić information content (AvgIpc) is 3.48. The number of hydrogen-bond acceptors (Lipinski definition) is 5. The van der Waals surface area contributed by atoms with Crippen LogP contribution in [0.25, 0.3) is 0 Å². The van der Waals surface area contributed by atoms with Crippen molar-refractivity contribution in [1.29, 1.82) is 0 Å². The van der Waals surface area contributed by atoms with Gasteiger partial charge < -0.3 is 26.0 Å². The summed E-state index contributed by atoms with van der Waals surface area (Å²) in [4.78, 5) is 66.1. The van der Waals surface area contributed by atoms with Crippen LogP contribution in [0.3, 0.4) is 0 Å². The largest absolute Gasteiger partial charge is 0.479 e. The van der Waals surface area contributed by atoms with Gasteiger partial charge >= 0.3 is 12.0 Å². The summed E-state index contributed by atoms with van der Waals surface area (Å²) < 4.78 is 13.4. The Balaban J connectivity index is 1.32. The molecule has 0 radical (unpaired) electrons. The van der Waals surface area contributed by atoms with E-state index in [-0.39, 0.29) is 24.2 Å². The fraction of sp³-hybridized carbons (Fsp3) is 0.606. The van der Waals surface area contributed by atoms with Crippen LogP contribution in [0.1, 0.15) is 94.3 Å². The Labute approximate surface area is 258 Å². The maximum atomic E-state index is 13.4. The number of rotatable bonds is 14. The lowest BCUT2D eigenvalue weighted by atomic mass is 9.81. The van der Waals surface area contributed by atoms with Crippen LogP contribution >= 0.6 is 0 Å². The molecule has 4 atom stereocenters. The van der Waals surface area contributed by atoms with Crippen molar-refractivity contribution >= 4 is 29.6 Å². The van der Waals surface area contributed by atoms with Gasteiger partial charge in [-0.15, -0.1) is 0 Å². The van der Waals surface area contributed by atoms with E-state index in [0.717, 1.165) is 57.8 Å². The quantitative estimate of drug-likeness (QED) is 0.140. The first kappa shape index (κ1) is 33.1. The minimum absolute atomic E-state index is 0.0756. The molecule has 1 saturated heterocycles. The molecule has 4 N–H and O–H groups in total. The number of benzene rings is 1. The number of urea groups is 1. The first-order chi connectivity index (χ1) is 21.2. The summed E-state index contributed by atoms with van der Waals surface area (Å²) >= 11 is 0. The SMILES string of the molecule is CCCCC/C=C\C1C[C@]1(NC(=O)[C@@H]1CCCN1C(=O)CNC(=O)N[C@H](C(=O)c1ccc(F)cc1)C1CCCCC1)C(=O)O. The molecule has 240 valence electrons. The predicted octanol–water partition coefficient (Wildman–Crippen LogP) is 4.34. The van der Waals surface area contributed by atoms with E-state index < -0.39 is 47.3 Å². The molecule has 4 rings (SSSR count). The number of hydrogen-bond donors (Lipinski definition) is 4. The number of ketones is 1. The molecule has 10 nitrogen and oxygen atoms in total. The van der Waals surface area contributed by atoms with E-state index >= 15 is 0 Å². The number of Topliss-reactive ketones (excluding diaryl/α,β-unsaturated/α-hetero) is 1. The summed E-state index contributed by atoms with van der Waals surface area (Å²) in [5.74, 6) is -3.21. The number of allylic oxidation sites excluding steroid dienone is 1. The second-order valence-corrected chi connectivity index (χ2v) is 12.3. The molecule has 3 aliphatic rings. The first-order valence-electron chi connectivity index (χ1n) is 16.0. The number of nitrogens with zero attached hydrogens (tertiary/aromatic N) is 1. The number of unbranched alkanes of at least 4 members (excludes halogenated alkanes) is 3. The molecular weight excluding hydrogens is 567 g/mol. The van der Waals surface area contributed by atoms with Gasteiger partial charge in [0.2, 0.25) is 11.8 Å². The number of carbonyl (C=O) groups is 5. The van der Waals surface area contributed by atoms with E-state index in [2.05, 4.69) is 22.9 Å². The Morgan fingerprint density at radius 1 is 1.05 bits per heavy atom. The maximum absolute atomic E-state index is 13.4. The Morgan fingerprint density at radius 2 is 1.77 bits per heavy atom. The van der Waals surface area contributed by atoms with E-state index in [1.165, 1.54) is 29.2 Å². The van der Waals surface area contributed by atoms with Gasteiger partial charge in [0, 0.05) is 18.0 Å². The number of halogens is 1. The zero-order valence-electron chi connectivity index (χ0n) is 25.5. The molecule has 1 aliphatic heterocycles. The zero-order chi connectivity index (χ0) is 31.7. The van der Waals surface area contributed by atoms with Crippen LogP contribution < -0.4 is 16.0 Å². The molecule has 4 amide bonds. The Kier molecular flexibility index (Phi) is 11.5. The minimum Gasteiger partial charge on any atom is -0.479 e. The fourth-order valence-electron chi connectivity index (χ4n) is 6.49. The Bertz CT molecular complexity index is 1230. The first-order valence-corrected chi connectivity index (χ1v) is 16.0. The predicted molar refractivity (Wildman–Crippen MR) is 162 cm³/mol. The van der Waals surface area contributed by atoms with Crippen molar-refractivity contribution in [2.75, 3.05) is 13.1 Å².